The lowest BCUT2D eigenvalue weighted by Gasteiger charge is -1.89. The van der Waals surface area contributed by atoms with Crippen LogP contribution in [0, 0.1) is 23.2 Å². The number of rotatable bonds is 1. The van der Waals surface area contributed by atoms with Crippen LogP contribution < -0.4 is 5.32 Å². The van der Waals surface area contributed by atoms with E-state index in [0.717, 1.165) is 5.56 Å². The monoisotopic (exact) mass is 170 g/mol. The molecule has 0 bridgehead atoms. The Balaban J connectivity index is 2.72. The van der Waals surface area contributed by atoms with Gasteiger partial charge in [-0.25, -0.2) is 0 Å². The maximum Gasteiger partial charge on any atom is 0.0991 e. The van der Waals surface area contributed by atoms with Crippen LogP contribution in [0.4, 0.5) is 0 Å². The highest BCUT2D eigenvalue weighted by Gasteiger charge is 1.88. The van der Waals surface area contributed by atoms with Crippen molar-refractivity contribution < 1.29 is 0 Å². The Bertz CT molecular complexity index is 360. The molecule has 1 aromatic carbocycles. The minimum atomic E-state index is 0.666. The van der Waals surface area contributed by atoms with Crippen molar-refractivity contribution in [1.82, 2.24) is 5.32 Å². The third-order valence-electron chi connectivity index (χ3n) is 1.51. The van der Waals surface area contributed by atoms with Crippen LogP contribution in [0.3, 0.4) is 0 Å². The van der Waals surface area contributed by atoms with E-state index < -0.39 is 0 Å². The lowest BCUT2D eigenvalue weighted by atomic mass is 10.1. The van der Waals surface area contributed by atoms with E-state index in [-0.39, 0.29) is 0 Å². The van der Waals surface area contributed by atoms with Crippen molar-refractivity contribution in [2.45, 2.75) is 0 Å². The van der Waals surface area contributed by atoms with Crippen LogP contribution in [-0.2, 0) is 0 Å². The normalized spacial score (nSPS) is 8.31. The molecule has 0 saturated carbocycles. The molecule has 0 amide bonds. The van der Waals surface area contributed by atoms with Crippen LogP contribution >= 0.6 is 0 Å². The van der Waals surface area contributed by atoms with Crippen LogP contribution in [-0.4, -0.2) is 13.6 Å². The van der Waals surface area contributed by atoms with Gasteiger partial charge in [-0.3, -0.25) is 0 Å². The first-order valence-corrected chi connectivity index (χ1v) is 4.00. The lowest BCUT2D eigenvalue weighted by molar-refractivity contribution is 0.938. The highest BCUT2D eigenvalue weighted by molar-refractivity contribution is 5.39. The fraction of sp³-hybridized carbons (Fsp3) is 0.182. The van der Waals surface area contributed by atoms with E-state index in [1.807, 2.05) is 19.2 Å². The lowest BCUT2D eigenvalue weighted by Crippen LogP contribution is -2.04. The highest BCUT2D eigenvalue weighted by atomic mass is 14.8. The second-order valence-electron chi connectivity index (χ2n) is 2.52. The molecule has 0 heterocycles. The molecule has 0 saturated heterocycles. The Hall–Kier alpha value is -1.77. The zero-order valence-electron chi connectivity index (χ0n) is 7.46. The van der Waals surface area contributed by atoms with Crippen LogP contribution in [0.1, 0.15) is 11.1 Å². The van der Waals surface area contributed by atoms with Crippen molar-refractivity contribution in [3.05, 3.63) is 35.4 Å². The van der Waals surface area contributed by atoms with Crippen molar-refractivity contribution in [2.75, 3.05) is 13.6 Å². The quantitative estimate of drug-likeness (QED) is 0.641. The molecule has 0 atom stereocenters. The highest BCUT2D eigenvalue weighted by Crippen LogP contribution is 2.00. The molecule has 0 aliphatic carbocycles. The van der Waals surface area contributed by atoms with Gasteiger partial charge < -0.3 is 5.32 Å². The van der Waals surface area contributed by atoms with Gasteiger partial charge in [0.05, 0.1) is 18.2 Å². The van der Waals surface area contributed by atoms with Crippen molar-refractivity contribution in [3.8, 4) is 17.9 Å². The van der Waals surface area contributed by atoms with Crippen molar-refractivity contribution in [2.24, 2.45) is 0 Å². The van der Waals surface area contributed by atoms with E-state index in [4.69, 9.17) is 5.26 Å². The van der Waals surface area contributed by atoms with Gasteiger partial charge in [0.25, 0.3) is 0 Å². The molecule has 64 valence electrons. The van der Waals surface area contributed by atoms with Gasteiger partial charge in [-0.1, -0.05) is 11.8 Å². The molecule has 1 rings (SSSR count). The molecule has 2 nitrogen and oxygen atoms in total. The summed E-state index contributed by atoms with van der Waals surface area (Å²) in [6.07, 6.45) is 0. The Morgan fingerprint density at radius 3 is 2.38 bits per heavy atom. The number of benzene rings is 1. The third-order valence-corrected chi connectivity index (χ3v) is 1.51. The topological polar surface area (TPSA) is 35.8 Å². The minimum absolute atomic E-state index is 0.666. The first-order chi connectivity index (χ1) is 6.36. The molecule has 0 spiro atoms. The van der Waals surface area contributed by atoms with Gasteiger partial charge >= 0.3 is 0 Å². The summed E-state index contributed by atoms with van der Waals surface area (Å²) < 4.78 is 0. The van der Waals surface area contributed by atoms with Crippen molar-refractivity contribution in [1.29, 1.82) is 5.26 Å². The fourth-order valence-corrected chi connectivity index (χ4v) is 0.863. The molecule has 0 aromatic heterocycles. The van der Waals surface area contributed by atoms with Crippen LogP contribution in [0.25, 0.3) is 0 Å². The Kier molecular flexibility index (Phi) is 3.57. The van der Waals surface area contributed by atoms with E-state index in [9.17, 15) is 0 Å². The van der Waals surface area contributed by atoms with Crippen molar-refractivity contribution in [3.63, 3.8) is 0 Å². The summed E-state index contributed by atoms with van der Waals surface area (Å²) in [5.74, 6) is 5.92. The number of hydrogen-bond donors (Lipinski definition) is 1. The number of hydrogen-bond acceptors (Lipinski definition) is 2. The van der Waals surface area contributed by atoms with Crippen LogP contribution in [0.15, 0.2) is 24.3 Å². The first kappa shape index (κ1) is 9.32. The second-order valence-corrected chi connectivity index (χ2v) is 2.52. The maximum absolute atomic E-state index is 8.55. The minimum Gasteiger partial charge on any atom is -0.309 e. The smallest absolute Gasteiger partial charge is 0.0991 e. The summed E-state index contributed by atoms with van der Waals surface area (Å²) >= 11 is 0. The number of nitrogens with one attached hydrogen (secondary N) is 1. The van der Waals surface area contributed by atoms with E-state index in [2.05, 4.69) is 23.2 Å². The SMILES string of the molecule is CNCC#Cc1ccc(C#N)cc1. The van der Waals surface area contributed by atoms with E-state index in [1.165, 1.54) is 0 Å². The standard InChI is InChI=1S/C11H10N2/c1-13-8-2-3-10-4-6-11(9-12)7-5-10/h4-7,13H,8H2,1H3. The van der Waals surface area contributed by atoms with E-state index in [1.54, 1.807) is 12.1 Å². The molecular formula is C11H10N2. The first-order valence-electron chi connectivity index (χ1n) is 4.00. The van der Waals surface area contributed by atoms with E-state index >= 15 is 0 Å². The second kappa shape index (κ2) is 4.98. The van der Waals surface area contributed by atoms with Gasteiger partial charge in [0, 0.05) is 5.56 Å². The number of nitriles is 1. The van der Waals surface area contributed by atoms with Crippen molar-refractivity contribution >= 4 is 0 Å². The average Bonchev–Trinajstić information content (AvgIpc) is 2.19. The van der Waals surface area contributed by atoms with Gasteiger partial charge in [0.2, 0.25) is 0 Å². The Labute approximate surface area is 78.2 Å². The summed E-state index contributed by atoms with van der Waals surface area (Å²) in [5.41, 5.74) is 1.61. The summed E-state index contributed by atoms with van der Waals surface area (Å²) in [4.78, 5) is 0. The summed E-state index contributed by atoms with van der Waals surface area (Å²) in [5, 5.41) is 11.5. The molecule has 1 N–H and O–H groups in total. The predicted octanol–water partition coefficient (Wildman–Crippen LogP) is 1.13. The van der Waals surface area contributed by atoms with Gasteiger partial charge in [-0.15, -0.1) is 0 Å². The maximum atomic E-state index is 8.55. The Morgan fingerprint density at radius 1 is 1.23 bits per heavy atom. The van der Waals surface area contributed by atoms with Crippen LogP contribution in [0.2, 0.25) is 0 Å². The zero-order valence-corrected chi connectivity index (χ0v) is 7.46. The molecule has 2 heteroatoms. The molecule has 0 aliphatic heterocycles. The fourth-order valence-electron chi connectivity index (χ4n) is 0.863. The van der Waals surface area contributed by atoms with Gasteiger partial charge in [-0.2, -0.15) is 5.26 Å². The average molecular weight is 170 g/mol. The molecular weight excluding hydrogens is 160 g/mol. The molecule has 0 aliphatic rings. The largest absolute Gasteiger partial charge is 0.309 e. The van der Waals surface area contributed by atoms with Gasteiger partial charge in [0.15, 0.2) is 0 Å². The Morgan fingerprint density at radius 2 is 1.85 bits per heavy atom. The number of nitrogens with zero attached hydrogens (tertiary/aromatic N) is 1. The summed E-state index contributed by atoms with van der Waals surface area (Å²) in [7, 11) is 1.85. The zero-order chi connectivity index (χ0) is 9.52. The molecule has 0 unspecified atom stereocenters. The summed E-state index contributed by atoms with van der Waals surface area (Å²) in [6.45, 7) is 0.681. The predicted molar refractivity (Wildman–Crippen MR) is 52.0 cm³/mol. The van der Waals surface area contributed by atoms with Gasteiger partial charge in [0.1, 0.15) is 0 Å². The van der Waals surface area contributed by atoms with Gasteiger partial charge in [-0.05, 0) is 31.3 Å². The third kappa shape index (κ3) is 2.99. The van der Waals surface area contributed by atoms with E-state index in [0.29, 0.717) is 12.1 Å². The van der Waals surface area contributed by atoms with Crippen LogP contribution in [0.5, 0.6) is 0 Å². The summed E-state index contributed by atoms with van der Waals surface area (Å²) in [6, 6.07) is 9.29. The molecule has 0 radical (unpaired) electrons. The molecule has 0 fully saturated rings. The molecule has 13 heavy (non-hydrogen) atoms. The molecule has 1 aromatic rings.